The lowest BCUT2D eigenvalue weighted by Crippen LogP contribution is -2.30. The number of nitrogens with one attached hydrogen (secondary N) is 1. The standard InChI is InChI=1S/C16H16ClNO3S2/c1-11(16(20)18-14-7-3-2-6-13(14)17)21-15(19)10-22-9-12-5-4-8-23-12/h2-8,11H,9-10H2,1H3,(H,18,20)/t11-/m1/s1. The van der Waals surface area contributed by atoms with Crippen molar-refractivity contribution in [1.82, 2.24) is 0 Å². The molecule has 0 aliphatic rings. The third-order valence-electron chi connectivity index (χ3n) is 2.85. The maximum Gasteiger partial charge on any atom is 0.316 e. The van der Waals surface area contributed by atoms with Gasteiger partial charge in [0.15, 0.2) is 6.10 Å². The lowest BCUT2D eigenvalue weighted by molar-refractivity contribution is -0.150. The first-order chi connectivity index (χ1) is 11.1. The number of para-hydroxylation sites is 1. The second kappa shape index (κ2) is 8.96. The van der Waals surface area contributed by atoms with Crippen LogP contribution in [0.1, 0.15) is 11.8 Å². The van der Waals surface area contributed by atoms with Gasteiger partial charge in [0.25, 0.3) is 5.91 Å². The molecule has 0 aliphatic carbocycles. The molecule has 0 aliphatic heterocycles. The van der Waals surface area contributed by atoms with Crippen molar-refractivity contribution in [1.29, 1.82) is 0 Å². The number of halogens is 1. The number of thiophene rings is 1. The van der Waals surface area contributed by atoms with Crippen molar-refractivity contribution in [3.8, 4) is 0 Å². The first-order valence-corrected chi connectivity index (χ1v) is 9.32. The van der Waals surface area contributed by atoms with Gasteiger partial charge >= 0.3 is 5.97 Å². The number of rotatable bonds is 7. The molecule has 2 rings (SSSR count). The first kappa shape index (κ1) is 17.8. The van der Waals surface area contributed by atoms with Crippen LogP contribution >= 0.6 is 34.7 Å². The Labute approximate surface area is 148 Å². The number of amides is 1. The summed E-state index contributed by atoms with van der Waals surface area (Å²) in [6.45, 7) is 1.54. The molecule has 4 nitrogen and oxygen atoms in total. The van der Waals surface area contributed by atoms with Crippen LogP contribution in [0.5, 0.6) is 0 Å². The van der Waals surface area contributed by atoms with Crippen molar-refractivity contribution in [2.75, 3.05) is 11.1 Å². The van der Waals surface area contributed by atoms with Crippen LogP contribution in [-0.4, -0.2) is 23.7 Å². The minimum Gasteiger partial charge on any atom is -0.452 e. The molecule has 1 aromatic heterocycles. The Balaban J connectivity index is 1.74. The molecule has 1 heterocycles. The van der Waals surface area contributed by atoms with Gasteiger partial charge in [0.05, 0.1) is 16.5 Å². The van der Waals surface area contributed by atoms with Gasteiger partial charge in [-0.05, 0) is 30.5 Å². The van der Waals surface area contributed by atoms with Gasteiger partial charge in [-0.2, -0.15) is 0 Å². The predicted octanol–water partition coefficient (Wildman–Crippen LogP) is 4.21. The average molecular weight is 370 g/mol. The van der Waals surface area contributed by atoms with Crippen LogP contribution in [0.25, 0.3) is 0 Å². The maximum atomic E-state index is 12.0. The molecular formula is C16H16ClNO3S2. The maximum absolute atomic E-state index is 12.0. The zero-order chi connectivity index (χ0) is 16.7. The molecule has 7 heteroatoms. The number of esters is 1. The van der Waals surface area contributed by atoms with E-state index in [1.54, 1.807) is 35.6 Å². The fourth-order valence-electron chi connectivity index (χ4n) is 1.71. The van der Waals surface area contributed by atoms with Crippen molar-refractivity contribution in [3.63, 3.8) is 0 Å². The summed E-state index contributed by atoms with van der Waals surface area (Å²) in [6.07, 6.45) is -0.874. The highest BCUT2D eigenvalue weighted by atomic mass is 35.5. The largest absolute Gasteiger partial charge is 0.452 e. The summed E-state index contributed by atoms with van der Waals surface area (Å²) in [7, 11) is 0. The normalized spacial score (nSPS) is 11.7. The second-order valence-electron chi connectivity index (χ2n) is 4.67. The third kappa shape index (κ3) is 5.89. The minimum absolute atomic E-state index is 0.210. The number of carbonyl (C=O) groups excluding carboxylic acids is 2. The summed E-state index contributed by atoms with van der Waals surface area (Å²) in [5, 5.41) is 5.07. The Morgan fingerprint density at radius 3 is 2.78 bits per heavy atom. The lowest BCUT2D eigenvalue weighted by atomic mass is 10.3. The van der Waals surface area contributed by atoms with E-state index in [4.69, 9.17) is 16.3 Å². The summed E-state index contributed by atoms with van der Waals surface area (Å²) >= 11 is 9.08. The van der Waals surface area contributed by atoms with Crippen molar-refractivity contribution >= 4 is 52.3 Å². The van der Waals surface area contributed by atoms with Crippen LogP contribution in [0.4, 0.5) is 5.69 Å². The van der Waals surface area contributed by atoms with Gasteiger partial charge in [-0.15, -0.1) is 23.1 Å². The van der Waals surface area contributed by atoms with E-state index in [1.165, 1.54) is 23.6 Å². The Morgan fingerprint density at radius 1 is 1.30 bits per heavy atom. The van der Waals surface area contributed by atoms with E-state index in [1.807, 2.05) is 17.5 Å². The van der Waals surface area contributed by atoms with Gasteiger partial charge in [-0.25, -0.2) is 0 Å². The Morgan fingerprint density at radius 2 is 2.09 bits per heavy atom. The number of hydrogen-bond donors (Lipinski definition) is 1. The van der Waals surface area contributed by atoms with Crippen LogP contribution in [0.3, 0.4) is 0 Å². The highest BCUT2D eigenvalue weighted by molar-refractivity contribution is 7.99. The molecule has 2 aromatic rings. The van der Waals surface area contributed by atoms with Gasteiger partial charge in [0, 0.05) is 10.6 Å². The molecule has 0 saturated carbocycles. The Kier molecular flexibility index (Phi) is 6.95. The van der Waals surface area contributed by atoms with E-state index >= 15 is 0 Å². The van der Waals surface area contributed by atoms with Crippen LogP contribution in [-0.2, 0) is 20.1 Å². The van der Waals surface area contributed by atoms with E-state index in [0.717, 1.165) is 5.75 Å². The molecule has 1 amide bonds. The third-order valence-corrected chi connectivity index (χ3v) is 5.20. The molecule has 1 aromatic carbocycles. The summed E-state index contributed by atoms with van der Waals surface area (Å²) < 4.78 is 5.13. The highest BCUT2D eigenvalue weighted by Gasteiger charge is 2.18. The zero-order valence-electron chi connectivity index (χ0n) is 12.5. The van der Waals surface area contributed by atoms with Crippen LogP contribution in [0.2, 0.25) is 5.02 Å². The summed E-state index contributed by atoms with van der Waals surface area (Å²) in [4.78, 5) is 25.0. The van der Waals surface area contributed by atoms with Gasteiger partial charge < -0.3 is 10.1 Å². The van der Waals surface area contributed by atoms with Gasteiger partial charge in [0.1, 0.15) is 0 Å². The number of carbonyl (C=O) groups is 2. The molecule has 1 atom stereocenters. The highest BCUT2D eigenvalue weighted by Crippen LogP contribution is 2.21. The molecule has 122 valence electrons. The van der Waals surface area contributed by atoms with Crippen molar-refractivity contribution in [2.24, 2.45) is 0 Å². The van der Waals surface area contributed by atoms with Crippen molar-refractivity contribution < 1.29 is 14.3 Å². The van der Waals surface area contributed by atoms with E-state index in [2.05, 4.69) is 5.32 Å². The predicted molar refractivity (Wildman–Crippen MR) is 96.1 cm³/mol. The Bertz CT molecular complexity index is 661. The van der Waals surface area contributed by atoms with E-state index in [0.29, 0.717) is 10.7 Å². The number of hydrogen-bond acceptors (Lipinski definition) is 5. The van der Waals surface area contributed by atoms with Crippen LogP contribution in [0.15, 0.2) is 41.8 Å². The molecule has 0 fully saturated rings. The van der Waals surface area contributed by atoms with Crippen LogP contribution in [0, 0.1) is 0 Å². The van der Waals surface area contributed by atoms with E-state index in [-0.39, 0.29) is 5.75 Å². The SMILES string of the molecule is C[C@@H](OC(=O)CSCc1cccs1)C(=O)Nc1ccccc1Cl. The van der Waals surface area contributed by atoms with Crippen molar-refractivity contribution in [2.45, 2.75) is 18.8 Å². The number of thioether (sulfide) groups is 1. The van der Waals surface area contributed by atoms with Gasteiger partial charge in [-0.1, -0.05) is 29.8 Å². The molecule has 0 bridgehead atoms. The van der Waals surface area contributed by atoms with Crippen LogP contribution < -0.4 is 5.32 Å². The Hall–Kier alpha value is -1.50. The molecule has 0 unspecified atom stereocenters. The molecular weight excluding hydrogens is 354 g/mol. The molecule has 23 heavy (non-hydrogen) atoms. The summed E-state index contributed by atoms with van der Waals surface area (Å²) in [5.74, 6) is 0.150. The number of anilines is 1. The second-order valence-corrected chi connectivity index (χ2v) is 7.10. The first-order valence-electron chi connectivity index (χ1n) is 6.91. The fourth-order valence-corrected chi connectivity index (χ4v) is 3.54. The average Bonchev–Trinajstić information content (AvgIpc) is 3.02. The number of ether oxygens (including phenoxy) is 1. The quantitative estimate of drug-likeness (QED) is 0.743. The smallest absolute Gasteiger partial charge is 0.316 e. The van der Waals surface area contributed by atoms with E-state index < -0.39 is 18.0 Å². The summed E-state index contributed by atoms with van der Waals surface area (Å²) in [5.41, 5.74) is 0.495. The van der Waals surface area contributed by atoms with Gasteiger partial charge in [0.2, 0.25) is 0 Å². The summed E-state index contributed by atoms with van der Waals surface area (Å²) in [6, 6.07) is 10.9. The minimum atomic E-state index is -0.874. The molecule has 1 N–H and O–H groups in total. The van der Waals surface area contributed by atoms with Gasteiger partial charge in [-0.3, -0.25) is 9.59 Å². The fraction of sp³-hybridized carbons (Fsp3) is 0.250. The topological polar surface area (TPSA) is 55.4 Å². The molecule has 0 spiro atoms. The van der Waals surface area contributed by atoms with Crippen molar-refractivity contribution in [3.05, 3.63) is 51.7 Å². The molecule has 0 saturated heterocycles. The van der Waals surface area contributed by atoms with E-state index in [9.17, 15) is 9.59 Å². The molecule has 0 radical (unpaired) electrons. The number of benzene rings is 1. The lowest BCUT2D eigenvalue weighted by Gasteiger charge is -2.14. The zero-order valence-corrected chi connectivity index (χ0v) is 14.8. The monoisotopic (exact) mass is 369 g/mol.